The number of ether oxygens (including phenoxy) is 1. The monoisotopic (exact) mass is 243 g/mol. The van der Waals surface area contributed by atoms with E-state index < -0.39 is 0 Å². The van der Waals surface area contributed by atoms with Gasteiger partial charge in [0.2, 0.25) is 0 Å². The number of hydrogen-bond donors (Lipinski definition) is 1. The molecule has 2 N–H and O–H groups in total. The van der Waals surface area contributed by atoms with E-state index >= 15 is 0 Å². The minimum Gasteiger partial charge on any atom is -0.491 e. The van der Waals surface area contributed by atoms with Crippen molar-refractivity contribution in [3.05, 3.63) is 36.2 Å². The first-order valence-electron chi connectivity index (χ1n) is 5.92. The van der Waals surface area contributed by atoms with Crippen LogP contribution in [0.4, 0.5) is 5.69 Å². The number of aromatic nitrogens is 2. The second-order valence-electron chi connectivity index (χ2n) is 4.43. The van der Waals surface area contributed by atoms with Crippen molar-refractivity contribution < 1.29 is 4.74 Å². The van der Waals surface area contributed by atoms with Gasteiger partial charge in [-0.2, -0.15) is 0 Å². The number of rotatable bonds is 3. The fourth-order valence-corrected chi connectivity index (χ4v) is 1.57. The molecule has 0 spiro atoms. The van der Waals surface area contributed by atoms with Gasteiger partial charge in [0.1, 0.15) is 5.75 Å². The van der Waals surface area contributed by atoms with Gasteiger partial charge in [-0.25, -0.2) is 9.97 Å². The molecule has 0 aliphatic heterocycles. The highest BCUT2D eigenvalue weighted by molar-refractivity contribution is 5.58. The Labute approximate surface area is 107 Å². The van der Waals surface area contributed by atoms with Gasteiger partial charge in [0.25, 0.3) is 0 Å². The molecule has 4 heteroatoms. The van der Waals surface area contributed by atoms with Crippen molar-refractivity contribution in [3.8, 4) is 17.1 Å². The van der Waals surface area contributed by atoms with Crippen molar-refractivity contribution in [3.63, 3.8) is 0 Å². The number of aryl methyl sites for hydroxylation is 1. The third-order valence-corrected chi connectivity index (χ3v) is 2.50. The van der Waals surface area contributed by atoms with Gasteiger partial charge < -0.3 is 10.5 Å². The molecule has 0 amide bonds. The first-order chi connectivity index (χ1) is 8.56. The van der Waals surface area contributed by atoms with Gasteiger partial charge >= 0.3 is 0 Å². The van der Waals surface area contributed by atoms with Gasteiger partial charge in [0.15, 0.2) is 5.82 Å². The van der Waals surface area contributed by atoms with Crippen molar-refractivity contribution in [2.45, 2.75) is 26.9 Å². The topological polar surface area (TPSA) is 61.0 Å². The Morgan fingerprint density at radius 3 is 2.39 bits per heavy atom. The standard InChI is InChI=1S/C14H17N3O/c1-9(2)18-12-6-4-11(5-7-12)14-16-8-13(15)10(3)17-14/h4-9H,15H2,1-3H3. The molecule has 0 fully saturated rings. The second kappa shape index (κ2) is 5.04. The predicted octanol–water partition coefficient (Wildman–Crippen LogP) is 2.82. The van der Waals surface area contributed by atoms with E-state index in [0.29, 0.717) is 11.5 Å². The maximum Gasteiger partial charge on any atom is 0.159 e. The van der Waals surface area contributed by atoms with Gasteiger partial charge in [-0.05, 0) is 45.0 Å². The largest absolute Gasteiger partial charge is 0.491 e. The summed E-state index contributed by atoms with van der Waals surface area (Å²) >= 11 is 0. The third-order valence-electron chi connectivity index (χ3n) is 2.50. The number of anilines is 1. The van der Waals surface area contributed by atoms with Crippen molar-refractivity contribution in [1.82, 2.24) is 9.97 Å². The van der Waals surface area contributed by atoms with E-state index in [9.17, 15) is 0 Å². The van der Waals surface area contributed by atoms with Gasteiger partial charge in [-0.3, -0.25) is 0 Å². The molecule has 94 valence electrons. The highest BCUT2D eigenvalue weighted by atomic mass is 16.5. The molecule has 1 heterocycles. The van der Waals surface area contributed by atoms with Crippen LogP contribution >= 0.6 is 0 Å². The Hall–Kier alpha value is -2.10. The summed E-state index contributed by atoms with van der Waals surface area (Å²) in [5, 5.41) is 0. The summed E-state index contributed by atoms with van der Waals surface area (Å²) in [6, 6.07) is 7.74. The second-order valence-corrected chi connectivity index (χ2v) is 4.43. The van der Waals surface area contributed by atoms with E-state index in [1.54, 1.807) is 6.20 Å². The highest BCUT2D eigenvalue weighted by Gasteiger charge is 2.04. The van der Waals surface area contributed by atoms with Crippen molar-refractivity contribution in [2.24, 2.45) is 0 Å². The molecule has 0 aliphatic rings. The first-order valence-corrected chi connectivity index (χ1v) is 5.92. The average molecular weight is 243 g/mol. The molecule has 0 aliphatic carbocycles. The number of nitrogen functional groups attached to an aromatic ring is 1. The molecule has 0 unspecified atom stereocenters. The van der Waals surface area contributed by atoms with Crippen LogP contribution in [0, 0.1) is 6.92 Å². The van der Waals surface area contributed by atoms with E-state index in [0.717, 1.165) is 17.0 Å². The Morgan fingerprint density at radius 2 is 1.83 bits per heavy atom. The van der Waals surface area contributed by atoms with E-state index in [2.05, 4.69) is 9.97 Å². The minimum absolute atomic E-state index is 0.172. The fraction of sp³-hybridized carbons (Fsp3) is 0.286. The summed E-state index contributed by atoms with van der Waals surface area (Å²) in [6.45, 7) is 5.87. The lowest BCUT2D eigenvalue weighted by atomic mass is 10.2. The molecule has 1 aromatic carbocycles. The molecule has 2 aromatic rings. The number of nitrogens with zero attached hydrogens (tertiary/aromatic N) is 2. The molecular weight excluding hydrogens is 226 g/mol. The van der Waals surface area contributed by atoms with Gasteiger partial charge in [0.05, 0.1) is 23.7 Å². The van der Waals surface area contributed by atoms with Crippen LogP contribution in [0.1, 0.15) is 19.5 Å². The lowest BCUT2D eigenvalue weighted by Crippen LogP contribution is -2.05. The van der Waals surface area contributed by atoms with Gasteiger partial charge in [-0.1, -0.05) is 0 Å². The van der Waals surface area contributed by atoms with Crippen LogP contribution in [-0.4, -0.2) is 16.1 Å². The summed E-state index contributed by atoms with van der Waals surface area (Å²) in [7, 11) is 0. The van der Waals surface area contributed by atoms with E-state index in [-0.39, 0.29) is 6.10 Å². The molecule has 4 nitrogen and oxygen atoms in total. The Balaban J connectivity index is 2.25. The summed E-state index contributed by atoms with van der Waals surface area (Å²) in [6.07, 6.45) is 1.81. The Morgan fingerprint density at radius 1 is 1.17 bits per heavy atom. The van der Waals surface area contributed by atoms with Crippen LogP contribution in [0.2, 0.25) is 0 Å². The lowest BCUT2D eigenvalue weighted by Gasteiger charge is -2.10. The zero-order chi connectivity index (χ0) is 13.1. The van der Waals surface area contributed by atoms with Crippen LogP contribution in [0.15, 0.2) is 30.5 Å². The van der Waals surface area contributed by atoms with Gasteiger partial charge in [-0.15, -0.1) is 0 Å². The molecule has 0 saturated heterocycles. The Bertz CT molecular complexity index is 535. The van der Waals surface area contributed by atoms with Crippen LogP contribution < -0.4 is 10.5 Å². The molecule has 18 heavy (non-hydrogen) atoms. The quantitative estimate of drug-likeness (QED) is 0.900. The fourth-order valence-electron chi connectivity index (χ4n) is 1.57. The summed E-state index contributed by atoms with van der Waals surface area (Å²) in [4.78, 5) is 8.58. The minimum atomic E-state index is 0.172. The summed E-state index contributed by atoms with van der Waals surface area (Å²) in [5.41, 5.74) is 8.06. The van der Waals surface area contributed by atoms with Crippen LogP contribution in [0.25, 0.3) is 11.4 Å². The van der Waals surface area contributed by atoms with Crippen molar-refractivity contribution in [1.29, 1.82) is 0 Å². The summed E-state index contributed by atoms with van der Waals surface area (Å²) in [5.74, 6) is 1.53. The summed E-state index contributed by atoms with van der Waals surface area (Å²) < 4.78 is 5.59. The number of hydrogen-bond acceptors (Lipinski definition) is 4. The Kier molecular flexibility index (Phi) is 3.46. The smallest absolute Gasteiger partial charge is 0.159 e. The van der Waals surface area contributed by atoms with Crippen molar-refractivity contribution >= 4 is 5.69 Å². The maximum atomic E-state index is 5.70. The number of nitrogens with two attached hydrogens (primary N) is 1. The lowest BCUT2D eigenvalue weighted by molar-refractivity contribution is 0.242. The average Bonchev–Trinajstić information content (AvgIpc) is 2.33. The molecule has 0 atom stereocenters. The maximum absolute atomic E-state index is 5.70. The van der Waals surface area contributed by atoms with Crippen LogP contribution in [-0.2, 0) is 0 Å². The molecule has 1 aromatic heterocycles. The predicted molar refractivity (Wildman–Crippen MR) is 72.4 cm³/mol. The number of benzene rings is 1. The van der Waals surface area contributed by atoms with Crippen LogP contribution in [0.5, 0.6) is 5.75 Å². The molecular formula is C14H17N3O. The van der Waals surface area contributed by atoms with E-state index in [1.807, 2.05) is 45.0 Å². The molecule has 0 radical (unpaired) electrons. The molecule has 0 bridgehead atoms. The van der Waals surface area contributed by atoms with Crippen molar-refractivity contribution in [2.75, 3.05) is 5.73 Å². The van der Waals surface area contributed by atoms with Gasteiger partial charge in [0, 0.05) is 5.56 Å². The third kappa shape index (κ3) is 2.77. The molecule has 2 rings (SSSR count). The van der Waals surface area contributed by atoms with Crippen LogP contribution in [0.3, 0.4) is 0 Å². The normalized spacial score (nSPS) is 10.7. The highest BCUT2D eigenvalue weighted by Crippen LogP contribution is 2.21. The SMILES string of the molecule is Cc1nc(-c2ccc(OC(C)C)cc2)ncc1N. The zero-order valence-electron chi connectivity index (χ0n) is 10.8. The zero-order valence-corrected chi connectivity index (χ0v) is 10.8. The van der Waals surface area contributed by atoms with E-state index in [4.69, 9.17) is 10.5 Å². The molecule has 0 saturated carbocycles. The van der Waals surface area contributed by atoms with E-state index in [1.165, 1.54) is 0 Å². The first kappa shape index (κ1) is 12.4.